The molecule has 2 rings (SSSR count). The maximum atomic E-state index is 6.01. The summed E-state index contributed by atoms with van der Waals surface area (Å²) < 4.78 is 11.5. The number of hydrogen-bond donors (Lipinski definition) is 1. The summed E-state index contributed by atoms with van der Waals surface area (Å²) in [6.45, 7) is 9.93. The van der Waals surface area contributed by atoms with E-state index in [0.717, 1.165) is 23.6 Å². The number of rotatable bonds is 5. The van der Waals surface area contributed by atoms with Gasteiger partial charge in [-0.3, -0.25) is 0 Å². The summed E-state index contributed by atoms with van der Waals surface area (Å²) in [5.41, 5.74) is 3.61. The van der Waals surface area contributed by atoms with Gasteiger partial charge in [0.05, 0.1) is 6.26 Å². The van der Waals surface area contributed by atoms with Crippen molar-refractivity contribution in [3.8, 4) is 5.75 Å². The van der Waals surface area contributed by atoms with Gasteiger partial charge in [0.2, 0.25) is 0 Å². The van der Waals surface area contributed by atoms with Gasteiger partial charge in [-0.25, -0.2) is 0 Å². The molecule has 0 atom stereocenters. The highest BCUT2D eigenvalue weighted by molar-refractivity contribution is 5.41. The summed E-state index contributed by atoms with van der Waals surface area (Å²) in [7, 11) is 1.92. The molecule has 0 saturated carbocycles. The highest BCUT2D eigenvalue weighted by Crippen LogP contribution is 2.32. The zero-order chi connectivity index (χ0) is 15.5. The molecule has 0 saturated heterocycles. The molecule has 1 heterocycles. The van der Waals surface area contributed by atoms with E-state index in [4.69, 9.17) is 9.15 Å². The number of furan rings is 1. The molecule has 0 fully saturated rings. The lowest BCUT2D eigenvalue weighted by Crippen LogP contribution is -2.13. The first kappa shape index (κ1) is 15.6. The highest BCUT2D eigenvalue weighted by Gasteiger charge is 2.19. The minimum atomic E-state index is 0.0590. The van der Waals surface area contributed by atoms with Crippen molar-refractivity contribution in [2.45, 2.75) is 46.3 Å². The third kappa shape index (κ3) is 4.11. The number of hydrogen-bond acceptors (Lipinski definition) is 3. The topological polar surface area (TPSA) is 34.4 Å². The first-order valence-electron chi connectivity index (χ1n) is 7.35. The molecule has 2 aromatic rings. The van der Waals surface area contributed by atoms with E-state index in [-0.39, 0.29) is 5.41 Å². The van der Waals surface area contributed by atoms with E-state index in [0.29, 0.717) is 6.61 Å². The van der Waals surface area contributed by atoms with Gasteiger partial charge in [0.25, 0.3) is 0 Å². The van der Waals surface area contributed by atoms with Crippen LogP contribution in [0, 0.1) is 6.92 Å². The van der Waals surface area contributed by atoms with Gasteiger partial charge in [-0.2, -0.15) is 0 Å². The van der Waals surface area contributed by atoms with Crippen molar-refractivity contribution < 1.29 is 9.15 Å². The lowest BCUT2D eigenvalue weighted by molar-refractivity contribution is 0.264. The smallest absolute Gasteiger partial charge is 0.146 e. The Morgan fingerprint density at radius 1 is 1.19 bits per heavy atom. The predicted octanol–water partition coefficient (Wildman–Crippen LogP) is 4.18. The summed E-state index contributed by atoms with van der Waals surface area (Å²) in [5, 5.41) is 3.11. The van der Waals surface area contributed by atoms with Gasteiger partial charge in [-0.1, -0.05) is 32.9 Å². The molecule has 1 aromatic heterocycles. The van der Waals surface area contributed by atoms with Crippen molar-refractivity contribution in [2.24, 2.45) is 0 Å². The monoisotopic (exact) mass is 287 g/mol. The molecular formula is C18H25NO2. The van der Waals surface area contributed by atoms with Crippen molar-refractivity contribution >= 4 is 0 Å². The van der Waals surface area contributed by atoms with E-state index in [9.17, 15) is 0 Å². The Balaban J connectivity index is 2.13. The lowest BCUT2D eigenvalue weighted by Gasteiger charge is -2.23. The molecule has 0 aliphatic carbocycles. The average Bonchev–Trinajstić information content (AvgIpc) is 2.83. The first-order chi connectivity index (χ1) is 9.90. The molecule has 0 amide bonds. The van der Waals surface area contributed by atoms with Gasteiger partial charge in [-0.15, -0.1) is 0 Å². The Hall–Kier alpha value is -1.74. The Morgan fingerprint density at radius 2 is 1.95 bits per heavy atom. The van der Waals surface area contributed by atoms with Crippen LogP contribution < -0.4 is 10.1 Å². The van der Waals surface area contributed by atoms with Gasteiger partial charge in [0.1, 0.15) is 18.1 Å². The van der Waals surface area contributed by atoms with Crippen LogP contribution in [0.4, 0.5) is 0 Å². The van der Waals surface area contributed by atoms with E-state index in [2.05, 4.69) is 51.2 Å². The summed E-state index contributed by atoms with van der Waals surface area (Å²) in [4.78, 5) is 0. The van der Waals surface area contributed by atoms with Crippen LogP contribution in [0.25, 0.3) is 0 Å². The molecule has 0 spiro atoms. The maximum Gasteiger partial charge on any atom is 0.146 e. The second kappa shape index (κ2) is 6.35. The lowest BCUT2D eigenvalue weighted by atomic mass is 9.86. The molecule has 0 aliphatic heterocycles. The normalized spacial score (nSPS) is 11.7. The zero-order valence-electron chi connectivity index (χ0n) is 13.6. The van der Waals surface area contributed by atoms with Crippen LogP contribution in [0.1, 0.15) is 43.2 Å². The average molecular weight is 287 g/mol. The number of benzene rings is 1. The Bertz CT molecular complexity index is 594. The number of nitrogens with one attached hydrogen (secondary N) is 1. The summed E-state index contributed by atoms with van der Waals surface area (Å²) in [6.07, 6.45) is 1.77. The van der Waals surface area contributed by atoms with Crippen LogP contribution in [0.3, 0.4) is 0 Å². The molecule has 0 unspecified atom stereocenters. The first-order valence-corrected chi connectivity index (χ1v) is 7.35. The van der Waals surface area contributed by atoms with Gasteiger partial charge >= 0.3 is 0 Å². The van der Waals surface area contributed by atoms with Crippen LogP contribution in [0.5, 0.6) is 5.75 Å². The van der Waals surface area contributed by atoms with Crippen molar-refractivity contribution in [1.29, 1.82) is 0 Å². The van der Waals surface area contributed by atoms with Crippen LogP contribution in [0.2, 0.25) is 0 Å². The fraction of sp³-hybridized carbons (Fsp3) is 0.444. The molecule has 1 N–H and O–H groups in total. The largest absolute Gasteiger partial charge is 0.485 e. The van der Waals surface area contributed by atoms with Gasteiger partial charge in [0, 0.05) is 12.1 Å². The minimum Gasteiger partial charge on any atom is -0.485 e. The molecule has 0 radical (unpaired) electrons. The Kier molecular flexibility index (Phi) is 4.73. The van der Waals surface area contributed by atoms with E-state index >= 15 is 0 Å². The van der Waals surface area contributed by atoms with E-state index in [1.54, 1.807) is 6.26 Å². The van der Waals surface area contributed by atoms with Gasteiger partial charge < -0.3 is 14.5 Å². The maximum absolute atomic E-state index is 6.01. The molecule has 3 nitrogen and oxygen atoms in total. The SMILES string of the molecule is CNCc1coc(COc2cc(C)ccc2C(C)(C)C)c1. The molecule has 0 bridgehead atoms. The molecule has 114 valence electrons. The molecular weight excluding hydrogens is 262 g/mol. The molecule has 21 heavy (non-hydrogen) atoms. The van der Waals surface area contributed by atoms with Crippen molar-refractivity contribution in [2.75, 3.05) is 7.05 Å². The van der Waals surface area contributed by atoms with Gasteiger partial charge in [0.15, 0.2) is 0 Å². The van der Waals surface area contributed by atoms with E-state index in [1.807, 2.05) is 13.1 Å². The highest BCUT2D eigenvalue weighted by atomic mass is 16.5. The Labute approximate surface area is 127 Å². The van der Waals surface area contributed by atoms with Crippen LogP contribution in [0.15, 0.2) is 34.9 Å². The van der Waals surface area contributed by atoms with Crippen LogP contribution in [-0.4, -0.2) is 7.05 Å². The summed E-state index contributed by atoms with van der Waals surface area (Å²) in [6, 6.07) is 8.41. The van der Waals surface area contributed by atoms with Crippen LogP contribution in [-0.2, 0) is 18.6 Å². The second-order valence-corrected chi connectivity index (χ2v) is 6.49. The summed E-state index contributed by atoms with van der Waals surface area (Å²) in [5.74, 6) is 1.79. The summed E-state index contributed by atoms with van der Waals surface area (Å²) >= 11 is 0. The van der Waals surface area contributed by atoms with Crippen molar-refractivity contribution in [1.82, 2.24) is 5.32 Å². The van der Waals surface area contributed by atoms with Gasteiger partial charge in [-0.05, 0) is 42.6 Å². The fourth-order valence-corrected chi connectivity index (χ4v) is 2.32. The van der Waals surface area contributed by atoms with Crippen molar-refractivity contribution in [3.63, 3.8) is 0 Å². The van der Waals surface area contributed by atoms with E-state index in [1.165, 1.54) is 11.1 Å². The van der Waals surface area contributed by atoms with Crippen molar-refractivity contribution in [3.05, 3.63) is 53.0 Å². The standard InChI is InChI=1S/C18H25NO2/c1-13-6-7-16(18(2,3)4)17(8-13)21-12-15-9-14(10-19-5)11-20-15/h6-9,11,19H,10,12H2,1-5H3. The second-order valence-electron chi connectivity index (χ2n) is 6.49. The Morgan fingerprint density at radius 3 is 2.62 bits per heavy atom. The minimum absolute atomic E-state index is 0.0590. The quantitative estimate of drug-likeness (QED) is 0.895. The van der Waals surface area contributed by atoms with Crippen LogP contribution >= 0.6 is 0 Å². The fourth-order valence-electron chi connectivity index (χ4n) is 2.32. The number of aryl methyl sites for hydroxylation is 1. The van der Waals surface area contributed by atoms with E-state index < -0.39 is 0 Å². The number of ether oxygens (including phenoxy) is 1. The third-order valence-corrected chi connectivity index (χ3v) is 3.40. The molecule has 3 heteroatoms. The zero-order valence-corrected chi connectivity index (χ0v) is 13.6. The molecule has 0 aliphatic rings. The predicted molar refractivity (Wildman–Crippen MR) is 85.7 cm³/mol. The third-order valence-electron chi connectivity index (χ3n) is 3.40. The molecule has 1 aromatic carbocycles.